The maximum absolute atomic E-state index is 6.00. The van der Waals surface area contributed by atoms with Crippen molar-refractivity contribution in [2.75, 3.05) is 28.2 Å². The molecule has 0 amide bonds. The fourth-order valence-electron chi connectivity index (χ4n) is 0.794. The molecule has 0 radical (unpaired) electrons. The van der Waals surface area contributed by atoms with Crippen molar-refractivity contribution in [3.63, 3.8) is 0 Å². The van der Waals surface area contributed by atoms with Crippen LogP contribution in [0, 0.1) is 0 Å². The normalized spacial score (nSPS) is 14.3. The van der Waals surface area contributed by atoms with Crippen LogP contribution in [0.15, 0.2) is 0 Å². The Morgan fingerprint density at radius 3 is 1.08 bits per heavy atom. The topological polar surface area (TPSA) is 15.7 Å². The summed E-state index contributed by atoms with van der Waals surface area (Å²) in [4.78, 5) is 4.14. The second-order valence-corrected chi connectivity index (χ2v) is 4.78. The molecule has 0 rings (SSSR count). The Bertz CT molecular complexity index is 144. The van der Waals surface area contributed by atoms with Crippen LogP contribution in [-0.2, 0) is 4.74 Å². The Balaban J connectivity index is 4.42. The van der Waals surface area contributed by atoms with E-state index in [9.17, 15) is 0 Å². The molecular formula is C10H24N2O. The number of ether oxygens (including phenoxy) is 1. The molecule has 0 aromatic carbocycles. The van der Waals surface area contributed by atoms with Crippen LogP contribution in [0.3, 0.4) is 0 Å². The summed E-state index contributed by atoms with van der Waals surface area (Å²) in [6.07, 6.45) is 0. The summed E-state index contributed by atoms with van der Waals surface area (Å²) in [5.41, 5.74) is -0.485. The molecule has 0 saturated carbocycles. The van der Waals surface area contributed by atoms with Gasteiger partial charge in [-0.05, 0) is 55.9 Å². The third-order valence-corrected chi connectivity index (χ3v) is 2.65. The van der Waals surface area contributed by atoms with Crippen LogP contribution in [-0.4, -0.2) is 49.4 Å². The third kappa shape index (κ3) is 3.63. The molecule has 0 aromatic rings. The van der Waals surface area contributed by atoms with Gasteiger partial charge in [-0.1, -0.05) is 0 Å². The molecule has 13 heavy (non-hydrogen) atoms. The fourth-order valence-corrected chi connectivity index (χ4v) is 0.794. The molecular weight excluding hydrogens is 164 g/mol. The summed E-state index contributed by atoms with van der Waals surface area (Å²) in [5.74, 6) is 0. The van der Waals surface area contributed by atoms with Gasteiger partial charge in [0.25, 0.3) is 0 Å². The zero-order valence-corrected chi connectivity index (χ0v) is 10.3. The first-order valence-electron chi connectivity index (χ1n) is 4.64. The van der Waals surface area contributed by atoms with Crippen molar-refractivity contribution in [3.05, 3.63) is 0 Å². The number of hydrogen-bond donors (Lipinski definition) is 0. The SMILES string of the molecule is CN(C)C(C)(C)OC(C)(C)N(C)C. The Morgan fingerprint density at radius 2 is 0.923 bits per heavy atom. The fraction of sp³-hybridized carbons (Fsp3) is 1.00. The molecule has 0 fully saturated rings. The highest BCUT2D eigenvalue weighted by Gasteiger charge is 2.32. The van der Waals surface area contributed by atoms with E-state index in [2.05, 4.69) is 37.5 Å². The second-order valence-electron chi connectivity index (χ2n) is 4.78. The van der Waals surface area contributed by atoms with Gasteiger partial charge >= 0.3 is 0 Å². The summed E-state index contributed by atoms with van der Waals surface area (Å²) >= 11 is 0. The van der Waals surface area contributed by atoms with E-state index >= 15 is 0 Å². The first-order chi connectivity index (χ1) is 5.59. The van der Waals surface area contributed by atoms with Crippen molar-refractivity contribution in [2.24, 2.45) is 0 Å². The predicted octanol–water partition coefficient (Wildman–Crippen LogP) is 1.60. The average molecular weight is 188 g/mol. The van der Waals surface area contributed by atoms with E-state index in [-0.39, 0.29) is 11.4 Å². The lowest BCUT2D eigenvalue weighted by molar-refractivity contribution is -0.231. The monoisotopic (exact) mass is 188 g/mol. The van der Waals surface area contributed by atoms with E-state index in [0.29, 0.717) is 0 Å². The molecule has 0 atom stereocenters. The zero-order valence-electron chi connectivity index (χ0n) is 10.3. The van der Waals surface area contributed by atoms with Gasteiger partial charge in [-0.3, -0.25) is 9.80 Å². The molecule has 0 aliphatic heterocycles. The number of hydrogen-bond acceptors (Lipinski definition) is 3. The summed E-state index contributed by atoms with van der Waals surface area (Å²) < 4.78 is 6.00. The lowest BCUT2D eigenvalue weighted by Gasteiger charge is -2.43. The quantitative estimate of drug-likeness (QED) is 0.623. The van der Waals surface area contributed by atoms with Crippen LogP contribution in [0.4, 0.5) is 0 Å². The maximum Gasteiger partial charge on any atom is 0.117 e. The Labute approximate surface area is 82.7 Å². The standard InChI is InChI=1S/C10H24N2O/c1-9(2,11(5)6)13-10(3,4)12(7)8/h1-8H3. The highest BCUT2D eigenvalue weighted by Crippen LogP contribution is 2.23. The van der Waals surface area contributed by atoms with Crippen molar-refractivity contribution < 1.29 is 4.74 Å². The molecule has 0 aliphatic carbocycles. The minimum atomic E-state index is -0.242. The van der Waals surface area contributed by atoms with E-state index in [1.807, 2.05) is 28.2 Å². The van der Waals surface area contributed by atoms with Gasteiger partial charge in [-0.25, -0.2) is 0 Å². The first-order valence-corrected chi connectivity index (χ1v) is 4.64. The van der Waals surface area contributed by atoms with E-state index in [0.717, 1.165) is 0 Å². The van der Waals surface area contributed by atoms with E-state index in [1.165, 1.54) is 0 Å². The number of rotatable bonds is 4. The predicted molar refractivity (Wildman–Crippen MR) is 56.6 cm³/mol. The molecule has 0 bridgehead atoms. The summed E-state index contributed by atoms with van der Waals surface area (Å²) in [5, 5.41) is 0. The second kappa shape index (κ2) is 3.95. The highest BCUT2D eigenvalue weighted by molar-refractivity contribution is 4.73. The van der Waals surface area contributed by atoms with Crippen LogP contribution in [0.25, 0.3) is 0 Å². The highest BCUT2D eigenvalue weighted by atomic mass is 16.6. The van der Waals surface area contributed by atoms with Crippen molar-refractivity contribution in [1.29, 1.82) is 0 Å². The van der Waals surface area contributed by atoms with Gasteiger partial charge in [0.05, 0.1) is 0 Å². The largest absolute Gasteiger partial charge is 0.341 e. The third-order valence-electron chi connectivity index (χ3n) is 2.65. The van der Waals surface area contributed by atoms with Gasteiger partial charge in [0.1, 0.15) is 11.4 Å². The van der Waals surface area contributed by atoms with Gasteiger partial charge in [0, 0.05) is 0 Å². The van der Waals surface area contributed by atoms with Crippen LogP contribution < -0.4 is 0 Å². The minimum absolute atomic E-state index is 0.242. The van der Waals surface area contributed by atoms with Gasteiger partial charge in [-0.15, -0.1) is 0 Å². The molecule has 3 heteroatoms. The van der Waals surface area contributed by atoms with Crippen molar-refractivity contribution in [3.8, 4) is 0 Å². The van der Waals surface area contributed by atoms with Crippen LogP contribution >= 0.6 is 0 Å². The summed E-state index contributed by atoms with van der Waals surface area (Å²) in [6, 6.07) is 0. The van der Waals surface area contributed by atoms with Crippen LogP contribution in [0.5, 0.6) is 0 Å². The molecule has 0 aliphatic rings. The molecule has 0 heterocycles. The Kier molecular flexibility index (Phi) is 3.91. The molecule has 0 saturated heterocycles. The lowest BCUT2D eigenvalue weighted by atomic mass is 10.2. The van der Waals surface area contributed by atoms with Crippen molar-refractivity contribution in [2.45, 2.75) is 39.1 Å². The summed E-state index contributed by atoms with van der Waals surface area (Å²) in [7, 11) is 8.08. The van der Waals surface area contributed by atoms with E-state index in [4.69, 9.17) is 4.74 Å². The first kappa shape index (κ1) is 12.9. The average Bonchev–Trinajstić information content (AvgIpc) is 1.83. The lowest BCUT2D eigenvalue weighted by Crippen LogP contribution is -2.52. The molecule has 0 unspecified atom stereocenters. The smallest absolute Gasteiger partial charge is 0.117 e. The molecule has 0 N–H and O–H groups in total. The molecule has 0 aromatic heterocycles. The van der Waals surface area contributed by atoms with Crippen molar-refractivity contribution >= 4 is 0 Å². The summed E-state index contributed by atoms with van der Waals surface area (Å²) in [6.45, 7) is 8.27. The van der Waals surface area contributed by atoms with E-state index in [1.54, 1.807) is 0 Å². The molecule has 3 nitrogen and oxygen atoms in total. The number of nitrogens with zero attached hydrogens (tertiary/aromatic N) is 2. The zero-order chi connectivity index (χ0) is 10.9. The minimum Gasteiger partial charge on any atom is -0.341 e. The molecule has 80 valence electrons. The van der Waals surface area contributed by atoms with Gasteiger partial charge in [0.15, 0.2) is 0 Å². The Morgan fingerprint density at radius 1 is 0.692 bits per heavy atom. The van der Waals surface area contributed by atoms with Crippen molar-refractivity contribution in [1.82, 2.24) is 9.80 Å². The van der Waals surface area contributed by atoms with Gasteiger partial charge in [-0.2, -0.15) is 0 Å². The molecule has 0 spiro atoms. The van der Waals surface area contributed by atoms with E-state index < -0.39 is 0 Å². The Hall–Kier alpha value is -0.120. The van der Waals surface area contributed by atoms with Gasteiger partial charge in [0.2, 0.25) is 0 Å². The van der Waals surface area contributed by atoms with Crippen LogP contribution in [0.2, 0.25) is 0 Å². The van der Waals surface area contributed by atoms with Gasteiger partial charge < -0.3 is 4.74 Å². The van der Waals surface area contributed by atoms with Crippen LogP contribution in [0.1, 0.15) is 27.7 Å². The maximum atomic E-state index is 6.00.